The molecule has 0 atom stereocenters. The van der Waals surface area contributed by atoms with E-state index in [9.17, 15) is 14.9 Å². The van der Waals surface area contributed by atoms with E-state index < -0.39 is 4.92 Å². The maximum Gasteiger partial charge on any atom is 0.282 e. The molecule has 3 aromatic rings. The van der Waals surface area contributed by atoms with Gasteiger partial charge in [-0.2, -0.15) is 0 Å². The maximum atomic E-state index is 12.8. The van der Waals surface area contributed by atoms with Crippen molar-refractivity contribution in [2.75, 3.05) is 20.6 Å². The zero-order chi connectivity index (χ0) is 16.6. The molecule has 2 aromatic carbocycles. The molecule has 0 amide bonds. The number of hydrogen-bond acceptors (Lipinski definition) is 4. The topological polar surface area (TPSA) is 68.4 Å². The van der Waals surface area contributed by atoms with Gasteiger partial charge < -0.3 is 9.47 Å². The predicted octanol–water partition coefficient (Wildman–Crippen LogP) is 2.62. The molecule has 6 heteroatoms. The zero-order valence-electron chi connectivity index (χ0n) is 13.0. The van der Waals surface area contributed by atoms with Gasteiger partial charge in [0.2, 0.25) is 5.43 Å². The standard InChI is InChI=1S/C17H17N3O3/c1-18(2)10-11-19-13-7-4-3-6-12(13)17(21)16-14(19)8-5-9-15(16)20(22)23/h3-9H,10-11H2,1-2H3. The van der Waals surface area contributed by atoms with Crippen molar-refractivity contribution in [3.63, 3.8) is 0 Å². The number of hydrogen-bond donors (Lipinski definition) is 0. The first-order chi connectivity index (χ1) is 11.0. The van der Waals surface area contributed by atoms with E-state index in [2.05, 4.69) is 0 Å². The summed E-state index contributed by atoms with van der Waals surface area (Å²) < 4.78 is 1.99. The van der Waals surface area contributed by atoms with Crippen LogP contribution in [0.5, 0.6) is 0 Å². The second-order valence-corrected chi connectivity index (χ2v) is 5.73. The van der Waals surface area contributed by atoms with Gasteiger partial charge in [0.1, 0.15) is 5.39 Å². The minimum absolute atomic E-state index is 0.142. The Hall–Kier alpha value is -2.73. The lowest BCUT2D eigenvalue weighted by molar-refractivity contribution is -0.383. The Morgan fingerprint density at radius 2 is 1.78 bits per heavy atom. The first-order valence-electron chi connectivity index (χ1n) is 7.34. The normalized spacial score (nSPS) is 11.4. The lowest BCUT2D eigenvalue weighted by Crippen LogP contribution is -2.21. The molecule has 3 rings (SSSR count). The predicted molar refractivity (Wildman–Crippen MR) is 90.9 cm³/mol. The summed E-state index contributed by atoms with van der Waals surface area (Å²) in [5.41, 5.74) is 0.970. The summed E-state index contributed by atoms with van der Waals surface area (Å²) in [6.45, 7) is 1.41. The highest BCUT2D eigenvalue weighted by molar-refractivity contribution is 5.98. The van der Waals surface area contributed by atoms with Crippen LogP contribution in [-0.2, 0) is 6.54 Å². The van der Waals surface area contributed by atoms with Crippen molar-refractivity contribution in [3.8, 4) is 0 Å². The minimum atomic E-state index is -0.491. The second kappa shape index (κ2) is 5.81. The van der Waals surface area contributed by atoms with Gasteiger partial charge >= 0.3 is 0 Å². The molecule has 0 unspecified atom stereocenters. The molecule has 23 heavy (non-hydrogen) atoms. The van der Waals surface area contributed by atoms with Crippen LogP contribution in [0.25, 0.3) is 21.8 Å². The fraction of sp³-hybridized carbons (Fsp3) is 0.235. The number of nitro benzene ring substituents is 1. The van der Waals surface area contributed by atoms with Crippen LogP contribution in [0.1, 0.15) is 0 Å². The van der Waals surface area contributed by atoms with Gasteiger partial charge in [-0.15, -0.1) is 0 Å². The third-order valence-corrected chi connectivity index (χ3v) is 3.95. The number of nitro groups is 1. The fourth-order valence-corrected chi connectivity index (χ4v) is 2.84. The summed E-state index contributed by atoms with van der Waals surface area (Å²) in [5.74, 6) is 0. The summed E-state index contributed by atoms with van der Waals surface area (Å²) in [7, 11) is 3.94. The van der Waals surface area contributed by atoms with E-state index in [1.807, 2.05) is 35.7 Å². The van der Waals surface area contributed by atoms with Crippen LogP contribution in [0, 0.1) is 10.1 Å². The van der Waals surface area contributed by atoms with Crippen LogP contribution in [0.15, 0.2) is 47.3 Å². The average Bonchev–Trinajstić information content (AvgIpc) is 2.54. The highest BCUT2D eigenvalue weighted by Crippen LogP contribution is 2.26. The van der Waals surface area contributed by atoms with E-state index in [-0.39, 0.29) is 16.5 Å². The summed E-state index contributed by atoms with van der Waals surface area (Å²) in [5, 5.41) is 12.0. The van der Waals surface area contributed by atoms with Crippen molar-refractivity contribution in [2.45, 2.75) is 6.54 Å². The summed E-state index contributed by atoms with van der Waals surface area (Å²) >= 11 is 0. The van der Waals surface area contributed by atoms with E-state index >= 15 is 0 Å². The Labute approximate surface area is 132 Å². The van der Waals surface area contributed by atoms with Crippen molar-refractivity contribution in [2.24, 2.45) is 0 Å². The highest BCUT2D eigenvalue weighted by atomic mass is 16.6. The first kappa shape index (κ1) is 15.2. The first-order valence-corrected chi connectivity index (χ1v) is 7.34. The van der Waals surface area contributed by atoms with Crippen molar-refractivity contribution in [1.82, 2.24) is 9.47 Å². The highest BCUT2D eigenvalue weighted by Gasteiger charge is 2.19. The lowest BCUT2D eigenvalue weighted by atomic mass is 10.1. The smallest absolute Gasteiger partial charge is 0.282 e. The van der Waals surface area contributed by atoms with Crippen molar-refractivity contribution in [1.29, 1.82) is 0 Å². The van der Waals surface area contributed by atoms with E-state index in [0.717, 1.165) is 12.1 Å². The average molecular weight is 311 g/mol. The van der Waals surface area contributed by atoms with E-state index in [0.29, 0.717) is 17.4 Å². The Kier molecular flexibility index (Phi) is 3.83. The molecule has 0 aliphatic heterocycles. The molecular weight excluding hydrogens is 294 g/mol. The molecule has 0 radical (unpaired) electrons. The number of pyridine rings is 1. The molecule has 0 aliphatic rings. The SMILES string of the molecule is CN(C)CCn1c2ccccc2c(=O)c2c([N+](=O)[O-])cccc21. The third kappa shape index (κ3) is 2.57. The van der Waals surface area contributed by atoms with Gasteiger partial charge in [0.05, 0.1) is 16.0 Å². The Bertz CT molecular complexity index is 960. The van der Waals surface area contributed by atoms with Crippen molar-refractivity contribution in [3.05, 3.63) is 62.8 Å². The van der Waals surface area contributed by atoms with Crippen molar-refractivity contribution < 1.29 is 4.92 Å². The van der Waals surface area contributed by atoms with Gasteiger partial charge in [0.25, 0.3) is 5.69 Å². The number of nitrogens with zero attached hydrogens (tertiary/aromatic N) is 3. The molecule has 0 spiro atoms. The quantitative estimate of drug-likeness (QED) is 0.422. The van der Waals surface area contributed by atoms with Gasteiger partial charge in [-0.3, -0.25) is 14.9 Å². The molecule has 118 valence electrons. The van der Waals surface area contributed by atoms with Crippen molar-refractivity contribution >= 4 is 27.5 Å². The molecule has 6 nitrogen and oxygen atoms in total. The third-order valence-electron chi connectivity index (χ3n) is 3.95. The summed E-state index contributed by atoms with van der Waals surface area (Å²) in [6.07, 6.45) is 0. The summed E-state index contributed by atoms with van der Waals surface area (Å²) in [6, 6.07) is 12.0. The van der Waals surface area contributed by atoms with E-state index in [1.54, 1.807) is 24.3 Å². The molecule has 0 N–H and O–H groups in total. The van der Waals surface area contributed by atoms with Gasteiger partial charge in [-0.05, 0) is 32.3 Å². The van der Waals surface area contributed by atoms with Crippen LogP contribution >= 0.6 is 0 Å². The molecule has 0 saturated heterocycles. The molecule has 0 aliphatic carbocycles. The molecule has 0 bridgehead atoms. The van der Waals surface area contributed by atoms with E-state index in [4.69, 9.17) is 0 Å². The minimum Gasteiger partial charge on any atom is -0.339 e. The Morgan fingerprint density at radius 1 is 1.09 bits per heavy atom. The van der Waals surface area contributed by atoms with Crippen LogP contribution in [0.2, 0.25) is 0 Å². The Balaban J connectivity index is 2.46. The number of benzene rings is 2. The molecule has 1 aromatic heterocycles. The number of rotatable bonds is 4. The van der Waals surface area contributed by atoms with E-state index in [1.165, 1.54) is 6.07 Å². The van der Waals surface area contributed by atoms with Crippen LogP contribution in [-0.4, -0.2) is 35.0 Å². The fourth-order valence-electron chi connectivity index (χ4n) is 2.84. The Morgan fingerprint density at radius 3 is 2.48 bits per heavy atom. The van der Waals surface area contributed by atoms with Gasteiger partial charge in [0, 0.05) is 24.5 Å². The molecule has 0 fully saturated rings. The lowest BCUT2D eigenvalue weighted by Gasteiger charge is -2.17. The molecule has 0 saturated carbocycles. The number of aromatic nitrogens is 1. The number of likely N-dealkylation sites (N-methyl/N-ethyl adjacent to an activating group) is 1. The molecular formula is C17H17N3O3. The molecule has 1 heterocycles. The number of para-hydroxylation sites is 1. The largest absolute Gasteiger partial charge is 0.339 e. The zero-order valence-corrected chi connectivity index (χ0v) is 13.0. The van der Waals surface area contributed by atoms with Gasteiger partial charge in [-0.1, -0.05) is 18.2 Å². The summed E-state index contributed by atoms with van der Waals surface area (Å²) in [4.78, 5) is 25.7. The number of non-ortho nitro benzene ring substituents is 1. The monoisotopic (exact) mass is 311 g/mol. The second-order valence-electron chi connectivity index (χ2n) is 5.73. The van der Waals surface area contributed by atoms with Gasteiger partial charge in [0.15, 0.2) is 0 Å². The number of fused-ring (bicyclic) bond motifs is 2. The van der Waals surface area contributed by atoms with Crippen LogP contribution < -0.4 is 5.43 Å². The maximum absolute atomic E-state index is 12.8. The van der Waals surface area contributed by atoms with Crippen LogP contribution in [0.4, 0.5) is 5.69 Å². The van der Waals surface area contributed by atoms with Gasteiger partial charge in [-0.25, -0.2) is 0 Å². The van der Waals surface area contributed by atoms with Crippen LogP contribution in [0.3, 0.4) is 0 Å².